The Labute approximate surface area is 177 Å². The number of allylic oxidation sites excluding steroid dienone is 1. The first-order valence-corrected chi connectivity index (χ1v) is 9.24. The van der Waals surface area contributed by atoms with E-state index in [1.165, 1.54) is 19.2 Å². The second-order valence-electron chi connectivity index (χ2n) is 6.90. The average molecular weight is 421 g/mol. The third-order valence-corrected chi connectivity index (χ3v) is 5.11. The highest BCUT2D eigenvalue weighted by Crippen LogP contribution is 2.47. The van der Waals surface area contributed by atoms with Crippen LogP contribution >= 0.6 is 0 Å². The Morgan fingerprint density at radius 2 is 2.03 bits per heavy atom. The highest BCUT2D eigenvalue weighted by Gasteiger charge is 2.37. The molecule has 0 saturated carbocycles. The van der Waals surface area contributed by atoms with Crippen molar-refractivity contribution in [1.82, 2.24) is 9.78 Å². The Hall–Kier alpha value is -4.04. The molecule has 1 aliphatic rings. The zero-order chi connectivity index (χ0) is 22.3. The molecule has 31 heavy (non-hydrogen) atoms. The van der Waals surface area contributed by atoms with Crippen molar-refractivity contribution in [3.05, 3.63) is 75.9 Å². The summed E-state index contributed by atoms with van der Waals surface area (Å²) in [6, 6.07) is 14.1. The summed E-state index contributed by atoms with van der Waals surface area (Å²) in [5.41, 5.74) is 8.10. The van der Waals surface area contributed by atoms with E-state index in [-0.39, 0.29) is 22.9 Å². The van der Waals surface area contributed by atoms with E-state index in [9.17, 15) is 20.8 Å². The maximum atomic E-state index is 11.7. The zero-order valence-electron chi connectivity index (χ0n) is 16.7. The monoisotopic (exact) mass is 421 g/mol. The third-order valence-electron chi connectivity index (χ3n) is 5.11. The topological polar surface area (TPSA) is 154 Å². The van der Waals surface area contributed by atoms with E-state index < -0.39 is 16.9 Å². The maximum Gasteiger partial charge on any atom is 0.229 e. The molecule has 158 valence electrons. The third kappa shape index (κ3) is 3.23. The van der Waals surface area contributed by atoms with Crippen LogP contribution in [0, 0.1) is 23.5 Å². The molecule has 1 aliphatic heterocycles. The number of benzene rings is 2. The lowest BCUT2D eigenvalue weighted by Crippen LogP contribution is -2.99. The van der Waals surface area contributed by atoms with Crippen LogP contribution < -0.4 is 20.4 Å². The van der Waals surface area contributed by atoms with Crippen molar-refractivity contribution in [2.45, 2.75) is 12.8 Å². The molecule has 0 bridgehead atoms. The van der Waals surface area contributed by atoms with Gasteiger partial charge in [0, 0.05) is 6.07 Å². The van der Waals surface area contributed by atoms with Gasteiger partial charge < -0.3 is 25.5 Å². The number of quaternary nitrogens is 1. The minimum absolute atomic E-state index is 0.0353. The van der Waals surface area contributed by atoms with Gasteiger partial charge in [0.15, 0.2) is 5.75 Å². The Morgan fingerprint density at radius 1 is 1.32 bits per heavy atom. The van der Waals surface area contributed by atoms with Gasteiger partial charge in [-0.3, -0.25) is 0 Å². The predicted octanol–water partition coefficient (Wildman–Crippen LogP) is 1.52. The van der Waals surface area contributed by atoms with Gasteiger partial charge in [-0.25, -0.2) is 9.89 Å². The molecule has 0 amide bonds. The number of methoxy groups -OCH3 is 1. The van der Waals surface area contributed by atoms with Gasteiger partial charge in [0.1, 0.15) is 11.6 Å². The lowest BCUT2D eigenvalue weighted by Gasteiger charge is -2.26. The molecule has 0 saturated heterocycles. The molecule has 4 rings (SSSR count). The van der Waals surface area contributed by atoms with Crippen molar-refractivity contribution in [3.63, 3.8) is 0 Å². The van der Waals surface area contributed by atoms with E-state index in [0.717, 1.165) is 5.69 Å². The molecule has 0 radical (unpaired) electrons. The molecule has 0 spiro atoms. The number of rotatable bonds is 4. The molecule has 10 nitrogen and oxygen atoms in total. The molecule has 2 heterocycles. The summed E-state index contributed by atoms with van der Waals surface area (Å²) in [6.45, 7) is 1.76. The van der Waals surface area contributed by atoms with Gasteiger partial charge in [0.25, 0.3) is 0 Å². The van der Waals surface area contributed by atoms with E-state index in [0.29, 0.717) is 22.7 Å². The van der Waals surface area contributed by atoms with E-state index in [4.69, 9.17) is 15.2 Å². The number of nitrogens with zero attached hydrogens (tertiary/aromatic N) is 3. The van der Waals surface area contributed by atoms with Crippen LogP contribution in [0.5, 0.6) is 17.4 Å². The van der Waals surface area contributed by atoms with Crippen LogP contribution in [0.15, 0.2) is 53.9 Å². The van der Waals surface area contributed by atoms with Gasteiger partial charge >= 0.3 is 0 Å². The van der Waals surface area contributed by atoms with Crippen LogP contribution in [0.3, 0.4) is 0 Å². The van der Waals surface area contributed by atoms with Crippen LogP contribution in [0.25, 0.3) is 5.69 Å². The summed E-state index contributed by atoms with van der Waals surface area (Å²) in [7, 11) is 1.31. The molecule has 1 unspecified atom stereocenters. The molecule has 3 aromatic rings. The van der Waals surface area contributed by atoms with E-state index in [1.54, 1.807) is 11.6 Å². The summed E-state index contributed by atoms with van der Waals surface area (Å²) in [4.78, 5) is 0. The number of hydrogen-bond donors (Lipinski definition) is 4. The van der Waals surface area contributed by atoms with Crippen LogP contribution in [0.1, 0.15) is 22.7 Å². The first-order chi connectivity index (χ1) is 14.9. The Balaban J connectivity index is 1.99. The Bertz CT molecular complexity index is 1230. The van der Waals surface area contributed by atoms with Gasteiger partial charge in [-0.15, -0.1) is 0 Å². The molecule has 10 heteroatoms. The van der Waals surface area contributed by atoms with E-state index in [1.807, 2.05) is 30.3 Å². The van der Waals surface area contributed by atoms with Gasteiger partial charge in [0.2, 0.25) is 23.2 Å². The quantitative estimate of drug-likeness (QED) is 0.365. The number of aryl methyl sites for hydroxylation is 1. The van der Waals surface area contributed by atoms with Gasteiger partial charge in [-0.05, 0) is 30.7 Å². The van der Waals surface area contributed by atoms with Crippen molar-refractivity contribution < 1.29 is 25.0 Å². The summed E-state index contributed by atoms with van der Waals surface area (Å²) in [6.07, 6.45) is 0. The fourth-order valence-corrected chi connectivity index (χ4v) is 3.71. The number of fused-ring (bicyclic) bond motifs is 1. The smallest absolute Gasteiger partial charge is 0.229 e. The molecule has 2 atom stereocenters. The molecule has 2 aromatic carbocycles. The number of nitriles is 1. The summed E-state index contributed by atoms with van der Waals surface area (Å²) < 4.78 is 12.5. The molecular weight excluding hydrogens is 402 g/mol. The van der Waals surface area contributed by atoms with Crippen molar-refractivity contribution in [2.24, 2.45) is 5.73 Å². The summed E-state index contributed by atoms with van der Waals surface area (Å²) >= 11 is 0. The van der Waals surface area contributed by atoms with Gasteiger partial charge in [-0.1, -0.05) is 18.2 Å². The number of hydrogen-bond acceptors (Lipinski definition) is 8. The normalized spacial score (nSPS) is 16.3. The number of phenols is 1. The second-order valence-corrected chi connectivity index (χ2v) is 6.90. The molecule has 5 N–H and O–H groups in total. The molecule has 0 aliphatic carbocycles. The predicted molar refractivity (Wildman–Crippen MR) is 108 cm³/mol. The first-order valence-electron chi connectivity index (χ1n) is 9.24. The van der Waals surface area contributed by atoms with Crippen molar-refractivity contribution in [1.29, 1.82) is 5.26 Å². The van der Waals surface area contributed by atoms with Crippen molar-refractivity contribution >= 4 is 5.69 Å². The summed E-state index contributed by atoms with van der Waals surface area (Å²) in [5, 5.41) is 44.4. The Kier molecular flexibility index (Phi) is 5.00. The number of aromatic nitrogens is 2. The number of nitrogens with one attached hydrogen (secondary N) is 1. The number of para-hydroxylation sites is 1. The average Bonchev–Trinajstić information content (AvgIpc) is 3.09. The van der Waals surface area contributed by atoms with Crippen LogP contribution in [-0.4, -0.2) is 27.2 Å². The van der Waals surface area contributed by atoms with Crippen molar-refractivity contribution in [3.8, 4) is 29.1 Å². The van der Waals surface area contributed by atoms with E-state index >= 15 is 0 Å². The van der Waals surface area contributed by atoms with Crippen LogP contribution in [-0.2, 0) is 0 Å². The molecule has 1 aromatic heterocycles. The van der Waals surface area contributed by atoms with Gasteiger partial charge in [0.05, 0.1) is 30.0 Å². The maximum absolute atomic E-state index is 11.7. The second kappa shape index (κ2) is 7.66. The van der Waals surface area contributed by atoms with E-state index in [2.05, 4.69) is 11.2 Å². The highest BCUT2D eigenvalue weighted by atomic mass is 16.8. The lowest BCUT2D eigenvalue weighted by atomic mass is 9.83. The summed E-state index contributed by atoms with van der Waals surface area (Å²) in [5.74, 6) is -1.08. The number of ether oxygens (including phenoxy) is 2. The minimum Gasteiger partial charge on any atom is -0.595 e. The fourth-order valence-electron chi connectivity index (χ4n) is 3.71. The number of nitrogens with two attached hydrogens (primary N) is 1. The standard InChI is InChI=1S/C21H19N5O5/c1-11-17-18(12-8-15(26(28)29)19(27)16(9-12)30-2)14(10-22)20(23)31-21(17)25(24-11)13-6-4-3-5-7-13/h3-9,18,26-28H,23H2,1-2H3/t18-/m0/s1. The lowest BCUT2D eigenvalue weighted by molar-refractivity contribution is -0.991. The Morgan fingerprint density at radius 3 is 2.65 bits per heavy atom. The van der Waals surface area contributed by atoms with Crippen LogP contribution in [0.4, 0.5) is 5.69 Å². The molecular formula is C21H19N5O5. The van der Waals surface area contributed by atoms with Crippen LogP contribution in [0.2, 0.25) is 0 Å². The largest absolute Gasteiger partial charge is 0.595 e. The number of phenolic OH excluding ortho intramolecular Hbond substituents is 1. The number of aromatic hydroxyl groups is 1. The SMILES string of the molecule is COc1cc([C@H]2C(C#N)=C(N)Oc3c2c(C)nn3-c2ccccc2)cc([NH+]([O-])O)c1O. The molecule has 0 fully saturated rings. The van der Waals surface area contributed by atoms with Crippen molar-refractivity contribution in [2.75, 3.05) is 7.11 Å². The fraction of sp³-hybridized carbons (Fsp3) is 0.143. The highest BCUT2D eigenvalue weighted by molar-refractivity contribution is 5.63. The minimum atomic E-state index is -1.34. The zero-order valence-corrected chi connectivity index (χ0v) is 16.7. The first kappa shape index (κ1) is 20.2. The van der Waals surface area contributed by atoms with Gasteiger partial charge in [-0.2, -0.15) is 15.6 Å².